The Morgan fingerprint density at radius 1 is 1.33 bits per heavy atom. The summed E-state index contributed by atoms with van der Waals surface area (Å²) < 4.78 is 0. The lowest BCUT2D eigenvalue weighted by Gasteiger charge is -2.26. The zero-order valence-electron chi connectivity index (χ0n) is 12.6. The highest BCUT2D eigenvalue weighted by molar-refractivity contribution is 6.03. The molecule has 2 rings (SSSR count). The van der Waals surface area contributed by atoms with Crippen molar-refractivity contribution >= 4 is 17.5 Å². The smallest absolute Gasteiger partial charge is 0.253 e. The lowest BCUT2D eigenvalue weighted by atomic mass is 9.99. The third kappa shape index (κ3) is 4.29. The van der Waals surface area contributed by atoms with Gasteiger partial charge in [0.1, 0.15) is 0 Å². The molecule has 1 unspecified atom stereocenters. The molecule has 0 aromatic heterocycles. The number of para-hydroxylation sites is 1. The van der Waals surface area contributed by atoms with Crippen LogP contribution in [0.15, 0.2) is 24.3 Å². The Morgan fingerprint density at radius 3 is 2.67 bits per heavy atom. The first-order chi connectivity index (χ1) is 10.1. The zero-order valence-corrected chi connectivity index (χ0v) is 12.6. The van der Waals surface area contributed by atoms with Crippen LogP contribution >= 0.6 is 0 Å². The van der Waals surface area contributed by atoms with Gasteiger partial charge in [0.15, 0.2) is 0 Å². The van der Waals surface area contributed by atoms with Crippen LogP contribution in [0, 0.1) is 5.92 Å². The molecule has 5 nitrogen and oxygen atoms in total. The van der Waals surface area contributed by atoms with Crippen molar-refractivity contribution in [3.63, 3.8) is 0 Å². The first-order valence-corrected chi connectivity index (χ1v) is 7.50. The fourth-order valence-electron chi connectivity index (χ4n) is 2.15. The molecule has 0 aliphatic carbocycles. The maximum absolute atomic E-state index is 12.2. The fraction of sp³-hybridized carbons (Fsp3) is 0.500. The molecular weight excluding hydrogens is 266 g/mol. The molecule has 3 N–H and O–H groups in total. The van der Waals surface area contributed by atoms with E-state index < -0.39 is 0 Å². The van der Waals surface area contributed by atoms with E-state index >= 15 is 0 Å². The molecule has 1 fully saturated rings. The van der Waals surface area contributed by atoms with E-state index in [2.05, 4.69) is 16.0 Å². The highest BCUT2D eigenvalue weighted by atomic mass is 16.2. The van der Waals surface area contributed by atoms with Crippen molar-refractivity contribution < 1.29 is 9.59 Å². The van der Waals surface area contributed by atoms with Gasteiger partial charge in [0.25, 0.3) is 5.91 Å². The summed E-state index contributed by atoms with van der Waals surface area (Å²) in [5.74, 6) is 0.224. The SMILES string of the molecule is CCC(C)NC(=O)c1ccccc1NC(=O)CC1CNC1. The van der Waals surface area contributed by atoms with Gasteiger partial charge in [0.05, 0.1) is 11.3 Å². The van der Waals surface area contributed by atoms with E-state index in [9.17, 15) is 9.59 Å². The summed E-state index contributed by atoms with van der Waals surface area (Å²) in [4.78, 5) is 24.2. The molecule has 1 saturated heterocycles. The third-order valence-electron chi connectivity index (χ3n) is 3.78. The zero-order chi connectivity index (χ0) is 15.2. The summed E-state index contributed by atoms with van der Waals surface area (Å²) >= 11 is 0. The molecule has 21 heavy (non-hydrogen) atoms. The number of anilines is 1. The van der Waals surface area contributed by atoms with Gasteiger partial charge in [-0.15, -0.1) is 0 Å². The lowest BCUT2D eigenvalue weighted by molar-refractivity contribution is -0.117. The first kappa shape index (κ1) is 15.5. The van der Waals surface area contributed by atoms with Crippen molar-refractivity contribution in [1.82, 2.24) is 10.6 Å². The summed E-state index contributed by atoms with van der Waals surface area (Å²) in [5, 5.41) is 8.92. The Morgan fingerprint density at radius 2 is 2.05 bits per heavy atom. The van der Waals surface area contributed by atoms with E-state index in [0.717, 1.165) is 19.5 Å². The van der Waals surface area contributed by atoms with Crippen LogP contribution in [-0.4, -0.2) is 30.9 Å². The summed E-state index contributed by atoms with van der Waals surface area (Å²) in [6.45, 7) is 5.76. The lowest BCUT2D eigenvalue weighted by Crippen LogP contribution is -2.43. The van der Waals surface area contributed by atoms with E-state index in [0.29, 0.717) is 23.6 Å². The molecular formula is C16H23N3O2. The van der Waals surface area contributed by atoms with Gasteiger partial charge >= 0.3 is 0 Å². The van der Waals surface area contributed by atoms with E-state index in [1.165, 1.54) is 0 Å². The van der Waals surface area contributed by atoms with Gasteiger partial charge in [-0.1, -0.05) is 19.1 Å². The Labute approximate surface area is 125 Å². The van der Waals surface area contributed by atoms with E-state index in [1.54, 1.807) is 18.2 Å². The van der Waals surface area contributed by atoms with Crippen molar-refractivity contribution in [2.24, 2.45) is 5.92 Å². The van der Waals surface area contributed by atoms with E-state index in [1.807, 2.05) is 19.9 Å². The Kier molecular flexibility index (Phi) is 5.33. The van der Waals surface area contributed by atoms with Gasteiger partial charge in [0.2, 0.25) is 5.91 Å². The fourth-order valence-corrected chi connectivity index (χ4v) is 2.15. The summed E-state index contributed by atoms with van der Waals surface area (Å²) in [7, 11) is 0. The van der Waals surface area contributed by atoms with Crippen LogP contribution < -0.4 is 16.0 Å². The van der Waals surface area contributed by atoms with Crippen molar-refractivity contribution in [3.8, 4) is 0 Å². The highest BCUT2D eigenvalue weighted by Crippen LogP contribution is 2.17. The number of nitrogens with one attached hydrogen (secondary N) is 3. The molecule has 2 amide bonds. The Bertz CT molecular complexity index is 512. The van der Waals surface area contributed by atoms with Gasteiger partial charge in [-0.2, -0.15) is 0 Å². The molecule has 0 radical (unpaired) electrons. The largest absolute Gasteiger partial charge is 0.350 e. The van der Waals surface area contributed by atoms with Crippen molar-refractivity contribution in [2.45, 2.75) is 32.7 Å². The quantitative estimate of drug-likeness (QED) is 0.747. The van der Waals surface area contributed by atoms with Crippen LogP contribution in [0.4, 0.5) is 5.69 Å². The minimum absolute atomic E-state index is 0.0368. The number of carbonyl (C=O) groups excluding carboxylic acids is 2. The summed E-state index contributed by atoms with van der Waals surface area (Å²) in [6, 6.07) is 7.24. The standard InChI is InChI=1S/C16H23N3O2/c1-3-11(2)18-16(21)13-6-4-5-7-14(13)19-15(20)8-12-9-17-10-12/h4-7,11-12,17H,3,8-10H2,1-2H3,(H,18,21)(H,19,20). The molecule has 0 saturated carbocycles. The van der Waals surface area contributed by atoms with E-state index in [4.69, 9.17) is 0 Å². The topological polar surface area (TPSA) is 70.2 Å². The van der Waals surface area contributed by atoms with Gasteiger partial charge < -0.3 is 16.0 Å². The average Bonchev–Trinajstić information content (AvgIpc) is 2.43. The number of hydrogen-bond acceptors (Lipinski definition) is 3. The van der Waals surface area contributed by atoms with Gasteiger partial charge in [-0.05, 0) is 44.5 Å². The molecule has 0 spiro atoms. The monoisotopic (exact) mass is 289 g/mol. The number of rotatable bonds is 6. The molecule has 1 aliphatic rings. The minimum atomic E-state index is -0.148. The number of carbonyl (C=O) groups is 2. The number of benzene rings is 1. The Hall–Kier alpha value is -1.88. The van der Waals surface area contributed by atoms with Crippen LogP contribution in [0.3, 0.4) is 0 Å². The van der Waals surface area contributed by atoms with Crippen molar-refractivity contribution in [1.29, 1.82) is 0 Å². The maximum Gasteiger partial charge on any atom is 0.253 e. The maximum atomic E-state index is 12.2. The molecule has 1 aliphatic heterocycles. The van der Waals surface area contributed by atoms with Crippen LogP contribution in [0.25, 0.3) is 0 Å². The number of amides is 2. The van der Waals surface area contributed by atoms with Crippen LogP contribution in [0.5, 0.6) is 0 Å². The van der Waals surface area contributed by atoms with Crippen molar-refractivity contribution in [3.05, 3.63) is 29.8 Å². The highest BCUT2D eigenvalue weighted by Gasteiger charge is 2.21. The second-order valence-corrected chi connectivity index (χ2v) is 5.60. The normalized spacial score (nSPS) is 15.9. The van der Waals surface area contributed by atoms with Crippen LogP contribution in [0.2, 0.25) is 0 Å². The van der Waals surface area contributed by atoms with Crippen LogP contribution in [-0.2, 0) is 4.79 Å². The minimum Gasteiger partial charge on any atom is -0.350 e. The molecule has 1 aromatic rings. The van der Waals surface area contributed by atoms with Crippen molar-refractivity contribution in [2.75, 3.05) is 18.4 Å². The molecule has 0 bridgehead atoms. The van der Waals surface area contributed by atoms with E-state index in [-0.39, 0.29) is 17.9 Å². The first-order valence-electron chi connectivity index (χ1n) is 7.50. The average molecular weight is 289 g/mol. The van der Waals surface area contributed by atoms with Gasteiger partial charge in [0, 0.05) is 12.5 Å². The molecule has 1 atom stereocenters. The Balaban J connectivity index is 2.01. The molecule has 1 heterocycles. The molecule has 1 aromatic carbocycles. The van der Waals surface area contributed by atoms with Gasteiger partial charge in [-0.3, -0.25) is 9.59 Å². The van der Waals surface area contributed by atoms with Gasteiger partial charge in [-0.25, -0.2) is 0 Å². The number of hydrogen-bond donors (Lipinski definition) is 3. The molecule has 5 heteroatoms. The summed E-state index contributed by atoms with van der Waals surface area (Å²) in [6.07, 6.45) is 1.36. The van der Waals surface area contributed by atoms with Crippen LogP contribution in [0.1, 0.15) is 37.0 Å². The molecule has 114 valence electrons. The second-order valence-electron chi connectivity index (χ2n) is 5.60. The summed E-state index contributed by atoms with van der Waals surface area (Å²) in [5.41, 5.74) is 1.09. The second kappa shape index (κ2) is 7.22. The third-order valence-corrected chi connectivity index (χ3v) is 3.78. The predicted octanol–water partition coefficient (Wildman–Crippen LogP) is 1.76. The predicted molar refractivity (Wildman–Crippen MR) is 83.3 cm³/mol.